The van der Waals surface area contributed by atoms with Crippen molar-refractivity contribution in [1.29, 1.82) is 10.5 Å². The summed E-state index contributed by atoms with van der Waals surface area (Å²) in [5.74, 6) is 1.22. The molecular formula is C17H16N2O. The topological polar surface area (TPSA) is 56.8 Å². The summed E-state index contributed by atoms with van der Waals surface area (Å²) >= 11 is 0. The first kappa shape index (κ1) is 13.9. The molecule has 1 aliphatic carbocycles. The van der Waals surface area contributed by atoms with Crippen molar-refractivity contribution in [3.63, 3.8) is 0 Å². The minimum atomic E-state index is 0.231. The second-order valence-corrected chi connectivity index (χ2v) is 4.66. The molecule has 0 N–H and O–H groups in total. The molecule has 1 aromatic rings. The molecule has 0 heterocycles. The van der Waals surface area contributed by atoms with Crippen LogP contribution in [0, 0.1) is 28.6 Å². The van der Waals surface area contributed by atoms with Crippen LogP contribution < -0.4 is 4.74 Å². The fourth-order valence-corrected chi connectivity index (χ4v) is 2.00. The van der Waals surface area contributed by atoms with E-state index in [1.165, 1.54) is 0 Å². The van der Waals surface area contributed by atoms with E-state index in [1.807, 2.05) is 55.5 Å². The van der Waals surface area contributed by atoms with Gasteiger partial charge in [-0.25, -0.2) is 0 Å². The zero-order valence-corrected chi connectivity index (χ0v) is 11.5. The number of hydrogen-bond acceptors (Lipinski definition) is 3. The molecule has 3 nitrogen and oxygen atoms in total. The Labute approximate surface area is 119 Å². The van der Waals surface area contributed by atoms with E-state index >= 15 is 0 Å². The number of ether oxygens (including phenoxy) is 1. The SMILES string of the molecule is CCOc1ccc(/C=C/C(=C(C#N)C#N)C2CC2)cc1. The van der Waals surface area contributed by atoms with Crippen LogP contribution in [0.2, 0.25) is 0 Å². The maximum atomic E-state index is 8.98. The predicted octanol–water partition coefficient (Wildman–Crippen LogP) is 3.85. The van der Waals surface area contributed by atoms with Gasteiger partial charge in [-0.05, 0) is 49.0 Å². The van der Waals surface area contributed by atoms with Crippen LogP contribution in [0.4, 0.5) is 0 Å². The summed E-state index contributed by atoms with van der Waals surface area (Å²) in [4.78, 5) is 0. The van der Waals surface area contributed by atoms with Crippen LogP contribution in [-0.4, -0.2) is 6.61 Å². The number of benzene rings is 1. The lowest BCUT2D eigenvalue weighted by atomic mass is 10.0. The molecule has 1 saturated carbocycles. The van der Waals surface area contributed by atoms with Crippen molar-refractivity contribution in [3.05, 3.63) is 47.1 Å². The van der Waals surface area contributed by atoms with Gasteiger partial charge in [-0.3, -0.25) is 0 Å². The molecule has 0 saturated heterocycles. The third-order valence-corrected chi connectivity index (χ3v) is 3.18. The van der Waals surface area contributed by atoms with Gasteiger partial charge >= 0.3 is 0 Å². The van der Waals surface area contributed by atoms with Crippen LogP contribution in [0.25, 0.3) is 6.08 Å². The molecule has 0 aliphatic heterocycles. The second kappa shape index (κ2) is 6.59. The fraction of sp³-hybridized carbons (Fsp3) is 0.294. The molecule has 1 aromatic carbocycles. The van der Waals surface area contributed by atoms with E-state index in [1.54, 1.807) is 0 Å². The van der Waals surface area contributed by atoms with Crippen molar-refractivity contribution in [2.75, 3.05) is 6.61 Å². The molecule has 1 fully saturated rings. The lowest BCUT2D eigenvalue weighted by Crippen LogP contribution is -1.90. The van der Waals surface area contributed by atoms with Crippen molar-refractivity contribution >= 4 is 6.08 Å². The number of rotatable bonds is 5. The Morgan fingerprint density at radius 1 is 1.25 bits per heavy atom. The van der Waals surface area contributed by atoms with Gasteiger partial charge < -0.3 is 4.74 Å². The van der Waals surface area contributed by atoms with Crippen LogP contribution in [0.3, 0.4) is 0 Å². The third-order valence-electron chi connectivity index (χ3n) is 3.18. The molecule has 0 aromatic heterocycles. The molecule has 3 heteroatoms. The molecule has 0 amide bonds. The van der Waals surface area contributed by atoms with Crippen molar-refractivity contribution in [2.45, 2.75) is 19.8 Å². The van der Waals surface area contributed by atoms with E-state index in [-0.39, 0.29) is 5.57 Å². The maximum absolute atomic E-state index is 8.98. The van der Waals surface area contributed by atoms with Crippen LogP contribution >= 0.6 is 0 Å². The summed E-state index contributed by atoms with van der Waals surface area (Å²) in [5, 5.41) is 18.0. The molecule has 0 spiro atoms. The minimum Gasteiger partial charge on any atom is -0.494 e. The first-order valence-electron chi connectivity index (χ1n) is 6.73. The van der Waals surface area contributed by atoms with Crippen LogP contribution in [0.1, 0.15) is 25.3 Å². The van der Waals surface area contributed by atoms with Gasteiger partial charge in [-0.2, -0.15) is 10.5 Å². The number of hydrogen-bond donors (Lipinski definition) is 0. The molecule has 20 heavy (non-hydrogen) atoms. The molecule has 0 unspecified atom stereocenters. The van der Waals surface area contributed by atoms with Gasteiger partial charge in [0, 0.05) is 0 Å². The van der Waals surface area contributed by atoms with Crippen molar-refractivity contribution < 1.29 is 4.74 Å². The highest BCUT2D eigenvalue weighted by atomic mass is 16.5. The highest BCUT2D eigenvalue weighted by molar-refractivity contribution is 5.58. The van der Waals surface area contributed by atoms with Crippen molar-refractivity contribution in [2.24, 2.45) is 5.92 Å². The Kier molecular flexibility index (Phi) is 4.58. The standard InChI is InChI=1S/C17H16N2O/c1-2-20-16-8-3-13(4-9-16)5-10-17(14-6-7-14)15(11-18)12-19/h3-5,8-10,14H,2,6-7H2,1H3/b10-5+. The van der Waals surface area contributed by atoms with Gasteiger partial charge in [0.25, 0.3) is 0 Å². The maximum Gasteiger partial charge on any atom is 0.133 e. The van der Waals surface area contributed by atoms with E-state index in [2.05, 4.69) is 0 Å². The van der Waals surface area contributed by atoms with Gasteiger partial charge in [0.15, 0.2) is 0 Å². The second-order valence-electron chi connectivity index (χ2n) is 4.66. The van der Waals surface area contributed by atoms with E-state index in [0.29, 0.717) is 12.5 Å². The third kappa shape index (κ3) is 3.49. The zero-order valence-electron chi connectivity index (χ0n) is 11.5. The van der Waals surface area contributed by atoms with E-state index in [4.69, 9.17) is 15.3 Å². The highest BCUT2D eigenvalue weighted by Crippen LogP contribution is 2.38. The van der Waals surface area contributed by atoms with Gasteiger partial charge in [-0.1, -0.05) is 24.3 Å². The summed E-state index contributed by atoms with van der Waals surface area (Å²) < 4.78 is 5.39. The molecule has 1 aliphatic rings. The molecule has 0 bridgehead atoms. The van der Waals surface area contributed by atoms with Gasteiger partial charge in [0.2, 0.25) is 0 Å². The van der Waals surface area contributed by atoms with Gasteiger partial charge in [-0.15, -0.1) is 0 Å². The Morgan fingerprint density at radius 2 is 1.90 bits per heavy atom. The monoisotopic (exact) mass is 264 g/mol. The van der Waals surface area contributed by atoms with Crippen LogP contribution in [0.15, 0.2) is 41.5 Å². The largest absolute Gasteiger partial charge is 0.494 e. The fourth-order valence-electron chi connectivity index (χ4n) is 2.00. The van der Waals surface area contributed by atoms with Gasteiger partial charge in [0.05, 0.1) is 6.61 Å². The Hall–Kier alpha value is -2.52. The Balaban J connectivity index is 2.17. The normalized spacial score (nSPS) is 13.6. The van der Waals surface area contributed by atoms with Crippen molar-refractivity contribution in [1.82, 2.24) is 0 Å². The minimum absolute atomic E-state index is 0.231. The Morgan fingerprint density at radius 3 is 2.40 bits per heavy atom. The highest BCUT2D eigenvalue weighted by Gasteiger charge is 2.27. The number of nitrogens with zero attached hydrogens (tertiary/aromatic N) is 2. The quantitative estimate of drug-likeness (QED) is 0.599. The number of allylic oxidation sites excluding steroid dienone is 3. The molecule has 100 valence electrons. The van der Waals surface area contributed by atoms with E-state index in [9.17, 15) is 0 Å². The number of nitriles is 2. The predicted molar refractivity (Wildman–Crippen MR) is 77.6 cm³/mol. The summed E-state index contributed by atoms with van der Waals surface area (Å²) in [7, 11) is 0. The molecule has 0 radical (unpaired) electrons. The van der Waals surface area contributed by atoms with Crippen LogP contribution in [0.5, 0.6) is 5.75 Å². The van der Waals surface area contributed by atoms with Gasteiger partial charge in [0.1, 0.15) is 23.5 Å². The Bertz CT molecular complexity index is 592. The van der Waals surface area contributed by atoms with Crippen LogP contribution in [-0.2, 0) is 0 Å². The average molecular weight is 264 g/mol. The first-order valence-corrected chi connectivity index (χ1v) is 6.73. The first-order chi connectivity index (χ1) is 9.78. The smallest absolute Gasteiger partial charge is 0.133 e. The molecule has 2 rings (SSSR count). The molecular weight excluding hydrogens is 248 g/mol. The van der Waals surface area contributed by atoms with E-state index < -0.39 is 0 Å². The van der Waals surface area contributed by atoms with Crippen molar-refractivity contribution in [3.8, 4) is 17.9 Å². The van der Waals surface area contributed by atoms with E-state index in [0.717, 1.165) is 29.7 Å². The summed E-state index contributed by atoms with van der Waals surface area (Å²) in [5.41, 5.74) is 2.13. The lowest BCUT2D eigenvalue weighted by molar-refractivity contribution is 0.340. The summed E-state index contributed by atoms with van der Waals surface area (Å²) in [6.45, 7) is 2.60. The summed E-state index contributed by atoms with van der Waals surface area (Å²) in [6.07, 6.45) is 5.97. The summed E-state index contributed by atoms with van der Waals surface area (Å²) in [6, 6.07) is 11.7. The zero-order chi connectivity index (χ0) is 14.4. The average Bonchev–Trinajstić information content (AvgIpc) is 3.30. The molecule has 0 atom stereocenters. The lowest BCUT2D eigenvalue weighted by Gasteiger charge is -2.03.